The van der Waals surface area contributed by atoms with Gasteiger partial charge in [0.25, 0.3) is 0 Å². The number of hydrogen-bond acceptors (Lipinski definition) is 3. The molecule has 24 heavy (non-hydrogen) atoms. The number of nitrogens with zero attached hydrogens (tertiary/aromatic N) is 2. The quantitative estimate of drug-likeness (QED) is 0.465. The number of fused-ring (bicyclic) bond motifs is 1. The number of aromatic nitrogens is 1. The van der Waals surface area contributed by atoms with E-state index in [0.29, 0.717) is 5.89 Å². The lowest BCUT2D eigenvalue weighted by molar-refractivity contribution is 0.620. The van der Waals surface area contributed by atoms with E-state index in [0.717, 1.165) is 27.9 Å². The van der Waals surface area contributed by atoms with Crippen molar-refractivity contribution in [1.82, 2.24) is 4.98 Å². The molecule has 0 aliphatic heterocycles. The Hall–Kier alpha value is -3.20. The molecule has 3 heteroatoms. The van der Waals surface area contributed by atoms with Crippen molar-refractivity contribution < 1.29 is 4.42 Å². The van der Waals surface area contributed by atoms with E-state index in [9.17, 15) is 0 Å². The molecule has 1 heterocycles. The number of rotatable bonds is 3. The van der Waals surface area contributed by atoms with Crippen LogP contribution in [0, 0.1) is 6.92 Å². The van der Waals surface area contributed by atoms with Crippen LogP contribution in [0.5, 0.6) is 0 Å². The highest BCUT2D eigenvalue weighted by atomic mass is 16.3. The Bertz CT molecular complexity index is 963. The Kier molecular flexibility index (Phi) is 3.67. The zero-order chi connectivity index (χ0) is 16.4. The van der Waals surface area contributed by atoms with Gasteiger partial charge < -0.3 is 4.42 Å². The highest BCUT2D eigenvalue weighted by molar-refractivity contribution is 5.82. The Balaban J connectivity index is 1.57. The molecule has 0 amide bonds. The first kappa shape index (κ1) is 14.4. The molecule has 0 bridgehead atoms. The molecule has 116 valence electrons. The second-order valence-corrected chi connectivity index (χ2v) is 5.70. The van der Waals surface area contributed by atoms with Crippen LogP contribution in [0.15, 0.2) is 82.2 Å². The van der Waals surface area contributed by atoms with Crippen molar-refractivity contribution in [2.75, 3.05) is 0 Å². The van der Waals surface area contributed by atoms with Crippen LogP contribution >= 0.6 is 0 Å². The van der Waals surface area contributed by atoms with Crippen molar-refractivity contribution in [3.8, 4) is 11.5 Å². The molecule has 0 atom stereocenters. The van der Waals surface area contributed by atoms with Crippen molar-refractivity contribution in [2.45, 2.75) is 6.92 Å². The van der Waals surface area contributed by atoms with Gasteiger partial charge in [0.1, 0.15) is 5.52 Å². The summed E-state index contributed by atoms with van der Waals surface area (Å²) in [7, 11) is 0. The van der Waals surface area contributed by atoms with Crippen LogP contribution in [-0.4, -0.2) is 11.2 Å². The average Bonchev–Trinajstić information content (AvgIpc) is 3.06. The van der Waals surface area contributed by atoms with E-state index in [1.165, 1.54) is 5.56 Å². The van der Waals surface area contributed by atoms with Crippen molar-refractivity contribution in [1.29, 1.82) is 0 Å². The molecule has 0 radical (unpaired) electrons. The highest BCUT2D eigenvalue weighted by Gasteiger charge is 2.07. The second-order valence-electron chi connectivity index (χ2n) is 5.70. The third-order valence-electron chi connectivity index (χ3n) is 3.85. The largest absolute Gasteiger partial charge is 0.436 e. The first-order valence-corrected chi connectivity index (χ1v) is 7.85. The van der Waals surface area contributed by atoms with Crippen molar-refractivity contribution >= 4 is 23.0 Å². The first-order valence-electron chi connectivity index (χ1n) is 7.85. The minimum atomic E-state index is 0.630. The molecule has 0 aliphatic rings. The average molecular weight is 312 g/mol. The number of aryl methyl sites for hydroxylation is 1. The SMILES string of the molecule is Cc1ccc(C=Nc2ccc(-c3nc4ccccc4o3)cc2)cc1. The van der Waals surface area contributed by atoms with Gasteiger partial charge in [-0.2, -0.15) is 0 Å². The molecule has 0 saturated heterocycles. The standard InChI is InChI=1S/C21H16N2O/c1-15-6-8-16(9-7-15)14-22-18-12-10-17(11-13-18)21-23-19-4-2-3-5-20(19)24-21/h2-14H,1H3. The number of oxazole rings is 1. The zero-order valence-electron chi connectivity index (χ0n) is 13.3. The molecule has 0 aliphatic carbocycles. The normalized spacial score (nSPS) is 11.4. The van der Waals surface area contributed by atoms with Gasteiger partial charge >= 0.3 is 0 Å². The fraction of sp³-hybridized carbons (Fsp3) is 0.0476. The minimum absolute atomic E-state index is 0.630. The lowest BCUT2D eigenvalue weighted by Gasteiger charge is -1.98. The maximum Gasteiger partial charge on any atom is 0.227 e. The minimum Gasteiger partial charge on any atom is -0.436 e. The molecule has 3 aromatic carbocycles. The van der Waals surface area contributed by atoms with Gasteiger partial charge in [0.15, 0.2) is 5.58 Å². The third-order valence-corrected chi connectivity index (χ3v) is 3.85. The molecule has 3 nitrogen and oxygen atoms in total. The van der Waals surface area contributed by atoms with Gasteiger partial charge in [0.05, 0.1) is 5.69 Å². The Labute approximate surface area is 140 Å². The first-order chi connectivity index (χ1) is 11.8. The molecule has 4 aromatic rings. The lowest BCUT2D eigenvalue weighted by Crippen LogP contribution is -1.81. The molecule has 0 unspecified atom stereocenters. The van der Waals surface area contributed by atoms with E-state index in [1.807, 2.05) is 54.7 Å². The van der Waals surface area contributed by atoms with Gasteiger partial charge in [-0.25, -0.2) is 4.98 Å². The van der Waals surface area contributed by atoms with Crippen LogP contribution in [0.2, 0.25) is 0 Å². The molecule has 0 saturated carbocycles. The summed E-state index contributed by atoms with van der Waals surface area (Å²) in [5, 5.41) is 0. The molecular weight excluding hydrogens is 296 g/mol. The van der Waals surface area contributed by atoms with Crippen molar-refractivity contribution in [3.63, 3.8) is 0 Å². The predicted octanol–water partition coefficient (Wildman–Crippen LogP) is 5.55. The monoisotopic (exact) mass is 312 g/mol. The molecule has 0 spiro atoms. The topological polar surface area (TPSA) is 38.4 Å². The third kappa shape index (κ3) is 2.97. The van der Waals surface area contributed by atoms with Gasteiger partial charge in [0.2, 0.25) is 5.89 Å². The summed E-state index contributed by atoms with van der Waals surface area (Å²) in [6.45, 7) is 2.08. The van der Waals surface area contributed by atoms with E-state index < -0.39 is 0 Å². The lowest BCUT2D eigenvalue weighted by atomic mass is 10.2. The predicted molar refractivity (Wildman–Crippen MR) is 97.9 cm³/mol. The van der Waals surface area contributed by atoms with Crippen LogP contribution in [0.1, 0.15) is 11.1 Å². The Morgan fingerprint density at radius 2 is 1.62 bits per heavy atom. The van der Waals surface area contributed by atoms with Crippen molar-refractivity contribution in [3.05, 3.63) is 83.9 Å². The number of para-hydroxylation sites is 2. The summed E-state index contributed by atoms with van der Waals surface area (Å²) in [4.78, 5) is 9.02. The fourth-order valence-corrected chi connectivity index (χ4v) is 2.49. The summed E-state index contributed by atoms with van der Waals surface area (Å²) in [5.41, 5.74) is 5.84. The molecular formula is C21H16N2O. The van der Waals surface area contributed by atoms with Gasteiger partial charge in [0, 0.05) is 11.8 Å². The van der Waals surface area contributed by atoms with Crippen LogP contribution in [0.25, 0.3) is 22.6 Å². The van der Waals surface area contributed by atoms with Gasteiger partial charge in [-0.3, -0.25) is 4.99 Å². The van der Waals surface area contributed by atoms with E-state index >= 15 is 0 Å². The van der Waals surface area contributed by atoms with Gasteiger partial charge in [-0.05, 0) is 48.9 Å². The van der Waals surface area contributed by atoms with Gasteiger partial charge in [-0.15, -0.1) is 0 Å². The number of hydrogen-bond donors (Lipinski definition) is 0. The summed E-state index contributed by atoms with van der Waals surface area (Å²) in [6.07, 6.45) is 1.87. The summed E-state index contributed by atoms with van der Waals surface area (Å²) < 4.78 is 5.78. The van der Waals surface area contributed by atoms with Crippen LogP contribution < -0.4 is 0 Å². The zero-order valence-corrected chi connectivity index (χ0v) is 13.3. The van der Waals surface area contributed by atoms with Crippen LogP contribution in [0.4, 0.5) is 5.69 Å². The molecule has 0 N–H and O–H groups in total. The number of benzene rings is 3. The molecule has 4 rings (SSSR count). The second kappa shape index (κ2) is 6.13. The maximum atomic E-state index is 5.78. The van der Waals surface area contributed by atoms with Crippen LogP contribution in [-0.2, 0) is 0 Å². The Morgan fingerprint density at radius 1 is 0.875 bits per heavy atom. The van der Waals surface area contributed by atoms with Crippen molar-refractivity contribution in [2.24, 2.45) is 4.99 Å². The number of aliphatic imine (C=N–C) groups is 1. The van der Waals surface area contributed by atoms with E-state index in [4.69, 9.17) is 4.42 Å². The highest BCUT2D eigenvalue weighted by Crippen LogP contribution is 2.25. The van der Waals surface area contributed by atoms with Gasteiger partial charge in [-0.1, -0.05) is 42.0 Å². The summed E-state index contributed by atoms with van der Waals surface area (Å²) in [6, 6.07) is 23.9. The summed E-state index contributed by atoms with van der Waals surface area (Å²) >= 11 is 0. The maximum absolute atomic E-state index is 5.78. The van der Waals surface area contributed by atoms with E-state index in [2.05, 4.69) is 41.2 Å². The van der Waals surface area contributed by atoms with E-state index in [1.54, 1.807) is 0 Å². The Morgan fingerprint density at radius 3 is 2.38 bits per heavy atom. The molecule has 0 fully saturated rings. The fourth-order valence-electron chi connectivity index (χ4n) is 2.49. The summed E-state index contributed by atoms with van der Waals surface area (Å²) in [5.74, 6) is 0.630. The van der Waals surface area contributed by atoms with Crippen LogP contribution in [0.3, 0.4) is 0 Å². The van der Waals surface area contributed by atoms with E-state index in [-0.39, 0.29) is 0 Å². The molecule has 1 aromatic heterocycles. The smallest absolute Gasteiger partial charge is 0.227 e.